The Hall–Kier alpha value is -1.42. The summed E-state index contributed by atoms with van der Waals surface area (Å²) in [6, 6.07) is 6.27. The zero-order valence-electron chi connectivity index (χ0n) is 10.1. The third kappa shape index (κ3) is 2.31. The Bertz CT molecular complexity index is 404. The van der Waals surface area contributed by atoms with Gasteiger partial charge < -0.3 is 10.2 Å². The van der Waals surface area contributed by atoms with Gasteiger partial charge in [-0.05, 0) is 38.1 Å². The average molecular weight is 236 g/mol. The van der Waals surface area contributed by atoms with Gasteiger partial charge in [-0.3, -0.25) is 4.79 Å². The fraction of sp³-hybridized carbons (Fsp3) is 0.462. The van der Waals surface area contributed by atoms with Crippen molar-refractivity contribution in [3.63, 3.8) is 0 Å². The molecule has 1 fully saturated rings. The van der Waals surface area contributed by atoms with Crippen LogP contribution < -0.4 is 5.32 Å². The van der Waals surface area contributed by atoms with E-state index < -0.39 is 0 Å². The number of nitrogens with zero attached hydrogens (tertiary/aromatic N) is 1. The first-order valence-corrected chi connectivity index (χ1v) is 5.86. The van der Waals surface area contributed by atoms with E-state index in [4.69, 9.17) is 0 Å². The van der Waals surface area contributed by atoms with Gasteiger partial charge in [-0.25, -0.2) is 4.39 Å². The zero-order valence-corrected chi connectivity index (χ0v) is 10.1. The van der Waals surface area contributed by atoms with Crippen LogP contribution in [0.1, 0.15) is 24.9 Å². The second kappa shape index (κ2) is 4.84. The highest BCUT2D eigenvalue weighted by Gasteiger charge is 2.33. The third-order valence-corrected chi connectivity index (χ3v) is 3.41. The monoisotopic (exact) mass is 236 g/mol. The number of likely N-dealkylation sites (tertiary alicyclic amines) is 1. The van der Waals surface area contributed by atoms with Gasteiger partial charge in [0.1, 0.15) is 5.82 Å². The quantitative estimate of drug-likeness (QED) is 0.866. The fourth-order valence-corrected chi connectivity index (χ4v) is 2.28. The van der Waals surface area contributed by atoms with E-state index >= 15 is 0 Å². The molecule has 4 heteroatoms. The minimum atomic E-state index is -0.248. The Balaban J connectivity index is 2.13. The average Bonchev–Trinajstić information content (AvgIpc) is 2.70. The number of carbonyl (C=O) groups excluding carboxylic acids is 1. The Morgan fingerprint density at radius 2 is 2.06 bits per heavy atom. The zero-order chi connectivity index (χ0) is 12.4. The molecular weight excluding hydrogens is 219 g/mol. The number of amides is 1. The largest absolute Gasteiger partial charge is 0.335 e. The maximum atomic E-state index is 12.8. The number of hydrogen-bond acceptors (Lipinski definition) is 2. The van der Waals surface area contributed by atoms with E-state index in [1.165, 1.54) is 12.1 Å². The Kier molecular flexibility index (Phi) is 3.43. The third-order valence-electron chi connectivity index (χ3n) is 3.41. The molecule has 1 amide bonds. The second-order valence-corrected chi connectivity index (χ2v) is 4.39. The van der Waals surface area contributed by atoms with Crippen LogP contribution in [0, 0.1) is 5.82 Å². The standard InChI is InChI=1S/C13H17FN2O/c1-9(10-3-5-11(14)6-4-10)16-8-7-12(15-2)13(16)17/h3-6,9,12,15H,7-8H2,1-2H3. The minimum Gasteiger partial charge on any atom is -0.335 e. The van der Waals surface area contributed by atoms with E-state index in [9.17, 15) is 9.18 Å². The summed E-state index contributed by atoms with van der Waals surface area (Å²) in [5.74, 6) is -0.119. The molecule has 1 saturated heterocycles. The van der Waals surface area contributed by atoms with Crippen molar-refractivity contribution in [2.24, 2.45) is 0 Å². The van der Waals surface area contributed by atoms with Gasteiger partial charge in [-0.1, -0.05) is 12.1 Å². The number of nitrogens with one attached hydrogen (secondary N) is 1. The first-order valence-electron chi connectivity index (χ1n) is 5.86. The van der Waals surface area contributed by atoms with E-state index in [1.54, 1.807) is 19.2 Å². The van der Waals surface area contributed by atoms with E-state index in [0.717, 1.165) is 18.5 Å². The summed E-state index contributed by atoms with van der Waals surface area (Å²) >= 11 is 0. The van der Waals surface area contributed by atoms with Crippen molar-refractivity contribution in [2.75, 3.05) is 13.6 Å². The normalized spacial score (nSPS) is 21.9. The lowest BCUT2D eigenvalue weighted by Crippen LogP contribution is -2.37. The fourth-order valence-electron chi connectivity index (χ4n) is 2.28. The number of rotatable bonds is 3. The maximum Gasteiger partial charge on any atom is 0.240 e. The predicted molar refractivity (Wildman–Crippen MR) is 64.0 cm³/mol. The van der Waals surface area contributed by atoms with Crippen molar-refractivity contribution in [2.45, 2.75) is 25.4 Å². The van der Waals surface area contributed by atoms with E-state index in [2.05, 4.69) is 5.32 Å². The lowest BCUT2D eigenvalue weighted by Gasteiger charge is -2.25. The van der Waals surface area contributed by atoms with Crippen LogP contribution in [-0.4, -0.2) is 30.4 Å². The van der Waals surface area contributed by atoms with Gasteiger partial charge in [-0.2, -0.15) is 0 Å². The van der Waals surface area contributed by atoms with Crippen molar-refractivity contribution in [3.05, 3.63) is 35.6 Å². The van der Waals surface area contributed by atoms with Gasteiger partial charge in [-0.15, -0.1) is 0 Å². The molecule has 1 aliphatic rings. The van der Waals surface area contributed by atoms with Gasteiger partial charge in [0.2, 0.25) is 5.91 Å². The molecule has 1 aromatic carbocycles. The molecule has 17 heavy (non-hydrogen) atoms. The molecule has 0 aliphatic carbocycles. The summed E-state index contributed by atoms with van der Waals surface area (Å²) in [5.41, 5.74) is 0.969. The van der Waals surface area contributed by atoms with Crippen LogP contribution in [0.3, 0.4) is 0 Å². The molecule has 92 valence electrons. The first-order chi connectivity index (χ1) is 8.13. The molecule has 0 radical (unpaired) electrons. The molecule has 2 atom stereocenters. The van der Waals surface area contributed by atoms with Gasteiger partial charge >= 0.3 is 0 Å². The highest BCUT2D eigenvalue weighted by atomic mass is 19.1. The highest BCUT2D eigenvalue weighted by Crippen LogP contribution is 2.25. The molecule has 2 unspecified atom stereocenters. The molecule has 0 bridgehead atoms. The smallest absolute Gasteiger partial charge is 0.240 e. The molecule has 0 saturated carbocycles. The second-order valence-electron chi connectivity index (χ2n) is 4.39. The molecule has 1 heterocycles. The Morgan fingerprint density at radius 3 is 2.59 bits per heavy atom. The SMILES string of the molecule is CNC1CCN(C(C)c2ccc(F)cc2)C1=O. The van der Waals surface area contributed by atoms with Crippen molar-refractivity contribution >= 4 is 5.91 Å². The molecule has 1 aromatic rings. The molecule has 3 nitrogen and oxygen atoms in total. The van der Waals surface area contributed by atoms with Crippen LogP contribution in [0.15, 0.2) is 24.3 Å². The summed E-state index contributed by atoms with van der Waals surface area (Å²) in [6.45, 7) is 2.73. The number of halogens is 1. The van der Waals surface area contributed by atoms with Crippen LogP contribution in [-0.2, 0) is 4.79 Å². The minimum absolute atomic E-state index is 0.00134. The summed E-state index contributed by atoms with van der Waals surface area (Å²) in [5, 5.41) is 3.01. The summed E-state index contributed by atoms with van der Waals surface area (Å²) < 4.78 is 12.8. The number of hydrogen-bond donors (Lipinski definition) is 1. The van der Waals surface area contributed by atoms with Crippen LogP contribution >= 0.6 is 0 Å². The lowest BCUT2D eigenvalue weighted by molar-refractivity contribution is -0.131. The maximum absolute atomic E-state index is 12.8. The molecule has 0 spiro atoms. The van der Waals surface area contributed by atoms with Crippen LogP contribution in [0.4, 0.5) is 4.39 Å². The van der Waals surface area contributed by atoms with Gasteiger partial charge in [0.15, 0.2) is 0 Å². The Labute approximate surface area is 101 Å². The molecular formula is C13H17FN2O. The van der Waals surface area contributed by atoms with E-state index in [0.29, 0.717) is 0 Å². The van der Waals surface area contributed by atoms with Crippen LogP contribution in [0.2, 0.25) is 0 Å². The lowest BCUT2D eigenvalue weighted by atomic mass is 10.1. The van der Waals surface area contributed by atoms with Gasteiger partial charge in [0.25, 0.3) is 0 Å². The molecule has 1 N–H and O–H groups in total. The number of carbonyl (C=O) groups is 1. The van der Waals surface area contributed by atoms with Crippen molar-refractivity contribution in [3.8, 4) is 0 Å². The van der Waals surface area contributed by atoms with Crippen LogP contribution in [0.5, 0.6) is 0 Å². The summed E-state index contributed by atoms with van der Waals surface area (Å²) in [7, 11) is 1.80. The molecule has 0 aromatic heterocycles. The van der Waals surface area contributed by atoms with Crippen molar-refractivity contribution in [1.29, 1.82) is 0 Å². The van der Waals surface area contributed by atoms with Crippen molar-refractivity contribution in [1.82, 2.24) is 10.2 Å². The topological polar surface area (TPSA) is 32.3 Å². The molecule has 2 rings (SSSR count). The Morgan fingerprint density at radius 1 is 1.41 bits per heavy atom. The highest BCUT2D eigenvalue weighted by molar-refractivity contribution is 5.84. The van der Waals surface area contributed by atoms with Gasteiger partial charge in [0, 0.05) is 6.54 Å². The van der Waals surface area contributed by atoms with E-state index in [-0.39, 0.29) is 23.8 Å². The first kappa shape index (κ1) is 12.0. The molecule has 1 aliphatic heterocycles. The van der Waals surface area contributed by atoms with Crippen molar-refractivity contribution < 1.29 is 9.18 Å². The summed E-state index contributed by atoms with van der Waals surface area (Å²) in [6.07, 6.45) is 0.834. The number of benzene rings is 1. The van der Waals surface area contributed by atoms with Crippen LogP contribution in [0.25, 0.3) is 0 Å². The number of likely N-dealkylation sites (N-methyl/N-ethyl adjacent to an activating group) is 1. The van der Waals surface area contributed by atoms with E-state index in [1.807, 2.05) is 11.8 Å². The predicted octanol–water partition coefficient (Wildman–Crippen LogP) is 1.71. The van der Waals surface area contributed by atoms with Gasteiger partial charge in [0.05, 0.1) is 12.1 Å². The summed E-state index contributed by atoms with van der Waals surface area (Å²) in [4.78, 5) is 13.8.